The summed E-state index contributed by atoms with van der Waals surface area (Å²) in [5.41, 5.74) is 6.23. The Labute approximate surface area is 116 Å². The van der Waals surface area contributed by atoms with Crippen LogP contribution in [0, 0.1) is 5.92 Å². The van der Waals surface area contributed by atoms with Crippen LogP contribution in [-0.2, 0) is 4.74 Å². The summed E-state index contributed by atoms with van der Waals surface area (Å²) in [5, 5.41) is 12.8. The Bertz CT molecular complexity index is 534. The summed E-state index contributed by atoms with van der Waals surface area (Å²) in [7, 11) is 1.44. The first-order chi connectivity index (χ1) is 9.63. The van der Waals surface area contributed by atoms with Crippen LogP contribution in [0.5, 0.6) is 11.5 Å². The highest BCUT2D eigenvalue weighted by atomic mass is 16.5. The molecule has 4 atom stereocenters. The van der Waals surface area contributed by atoms with Crippen LogP contribution in [0.3, 0.4) is 0 Å². The number of methoxy groups -OCH3 is 1. The summed E-state index contributed by atoms with van der Waals surface area (Å²) >= 11 is 0. The first-order valence-electron chi connectivity index (χ1n) is 6.67. The molecule has 1 saturated heterocycles. The topological polar surface area (TPSA) is 93.8 Å². The van der Waals surface area contributed by atoms with Crippen molar-refractivity contribution in [1.82, 2.24) is 5.32 Å². The number of carbonyl (C=O) groups is 1. The summed E-state index contributed by atoms with van der Waals surface area (Å²) in [5.74, 6) is 0.0739. The number of aromatic hydroxyl groups is 1. The van der Waals surface area contributed by atoms with Gasteiger partial charge in [0, 0.05) is 18.6 Å². The Hall–Kier alpha value is -1.79. The lowest BCUT2D eigenvalue weighted by atomic mass is 9.72. The van der Waals surface area contributed by atoms with Crippen molar-refractivity contribution in [3.05, 3.63) is 23.8 Å². The molecule has 0 bridgehead atoms. The smallest absolute Gasteiger partial charge is 0.255 e. The third-order valence-electron chi connectivity index (χ3n) is 4.21. The number of carbonyl (C=O) groups excluding carboxylic acids is 1. The minimum atomic E-state index is -0.365. The lowest BCUT2D eigenvalue weighted by Crippen LogP contribution is -2.68. The van der Waals surface area contributed by atoms with Gasteiger partial charge in [0.2, 0.25) is 0 Å². The number of nitrogens with two attached hydrogens (primary N) is 1. The predicted molar refractivity (Wildman–Crippen MR) is 71.7 cm³/mol. The summed E-state index contributed by atoms with van der Waals surface area (Å²) in [4.78, 5) is 12.2. The maximum Gasteiger partial charge on any atom is 0.255 e. The lowest BCUT2D eigenvalue weighted by molar-refractivity contribution is -0.0161. The number of hydrogen-bond donors (Lipinski definition) is 3. The largest absolute Gasteiger partial charge is 0.504 e. The molecule has 6 nitrogen and oxygen atoms in total. The highest BCUT2D eigenvalue weighted by Gasteiger charge is 2.52. The number of ether oxygens (including phenoxy) is 2. The van der Waals surface area contributed by atoms with E-state index in [-0.39, 0.29) is 41.2 Å². The number of benzene rings is 1. The van der Waals surface area contributed by atoms with E-state index in [9.17, 15) is 9.90 Å². The number of para-hydroxylation sites is 1. The molecule has 1 saturated carbocycles. The summed E-state index contributed by atoms with van der Waals surface area (Å²) in [6.07, 6.45) is 0.949. The van der Waals surface area contributed by atoms with E-state index in [1.807, 2.05) is 0 Å². The van der Waals surface area contributed by atoms with Crippen molar-refractivity contribution in [3.63, 3.8) is 0 Å². The fraction of sp³-hybridized carbons (Fsp3) is 0.500. The fourth-order valence-corrected chi connectivity index (χ4v) is 3.03. The fourth-order valence-electron chi connectivity index (χ4n) is 3.03. The second-order valence-corrected chi connectivity index (χ2v) is 5.22. The van der Waals surface area contributed by atoms with Gasteiger partial charge in [0.1, 0.15) is 0 Å². The Balaban J connectivity index is 1.74. The molecule has 4 unspecified atom stereocenters. The maximum atomic E-state index is 12.2. The average molecular weight is 278 g/mol. The number of hydrogen-bond acceptors (Lipinski definition) is 5. The summed E-state index contributed by atoms with van der Waals surface area (Å²) in [6.45, 7) is 0.694. The number of phenols is 1. The van der Waals surface area contributed by atoms with Gasteiger partial charge in [-0.25, -0.2) is 0 Å². The number of nitrogens with one attached hydrogen (secondary N) is 1. The second kappa shape index (κ2) is 4.96. The summed E-state index contributed by atoms with van der Waals surface area (Å²) < 4.78 is 10.6. The Morgan fingerprint density at radius 3 is 3.10 bits per heavy atom. The molecule has 4 N–H and O–H groups in total. The van der Waals surface area contributed by atoms with Gasteiger partial charge in [0.15, 0.2) is 11.5 Å². The van der Waals surface area contributed by atoms with Crippen molar-refractivity contribution in [3.8, 4) is 11.5 Å². The van der Waals surface area contributed by atoms with Crippen LogP contribution in [-0.4, -0.2) is 42.9 Å². The quantitative estimate of drug-likeness (QED) is 0.736. The van der Waals surface area contributed by atoms with Crippen LogP contribution in [0.2, 0.25) is 0 Å². The Morgan fingerprint density at radius 2 is 2.35 bits per heavy atom. The third kappa shape index (κ3) is 1.92. The normalized spacial score (nSPS) is 31.3. The molecule has 3 rings (SSSR count). The van der Waals surface area contributed by atoms with Crippen LogP contribution in [0.4, 0.5) is 0 Å². The van der Waals surface area contributed by atoms with Crippen LogP contribution in [0.25, 0.3) is 0 Å². The van der Waals surface area contributed by atoms with Gasteiger partial charge >= 0.3 is 0 Å². The summed E-state index contributed by atoms with van der Waals surface area (Å²) in [6, 6.07) is 4.52. The van der Waals surface area contributed by atoms with Gasteiger partial charge in [0.25, 0.3) is 5.91 Å². The van der Waals surface area contributed by atoms with Crippen LogP contribution in [0.1, 0.15) is 16.8 Å². The van der Waals surface area contributed by atoms with Gasteiger partial charge in [0.05, 0.1) is 24.8 Å². The van der Waals surface area contributed by atoms with Gasteiger partial charge in [-0.15, -0.1) is 0 Å². The number of amides is 1. The van der Waals surface area contributed by atoms with Crippen molar-refractivity contribution >= 4 is 5.91 Å². The zero-order valence-electron chi connectivity index (χ0n) is 11.2. The molecule has 0 radical (unpaired) electrons. The van der Waals surface area contributed by atoms with E-state index in [0.717, 1.165) is 6.42 Å². The van der Waals surface area contributed by atoms with Gasteiger partial charge in [-0.1, -0.05) is 6.07 Å². The molecule has 1 amide bonds. The van der Waals surface area contributed by atoms with Crippen molar-refractivity contribution in [2.75, 3.05) is 13.7 Å². The van der Waals surface area contributed by atoms with Gasteiger partial charge in [-0.2, -0.15) is 0 Å². The molecular formula is C14H18N2O4. The zero-order chi connectivity index (χ0) is 14.3. The van der Waals surface area contributed by atoms with Gasteiger partial charge < -0.3 is 25.6 Å². The van der Waals surface area contributed by atoms with E-state index in [1.54, 1.807) is 18.2 Å². The zero-order valence-corrected chi connectivity index (χ0v) is 11.2. The molecule has 2 aliphatic rings. The van der Waals surface area contributed by atoms with Gasteiger partial charge in [-0.3, -0.25) is 4.79 Å². The average Bonchev–Trinajstić information content (AvgIpc) is 2.89. The molecule has 1 aliphatic carbocycles. The number of phenolic OH excluding ortho intramolecular Hbond substituents is 1. The van der Waals surface area contributed by atoms with Crippen LogP contribution < -0.4 is 15.8 Å². The minimum Gasteiger partial charge on any atom is -0.504 e. The molecule has 0 aromatic heterocycles. The van der Waals surface area contributed by atoms with E-state index in [1.165, 1.54) is 7.11 Å². The Morgan fingerprint density at radius 1 is 1.55 bits per heavy atom. The Kier molecular flexibility index (Phi) is 3.27. The van der Waals surface area contributed by atoms with Crippen molar-refractivity contribution in [2.24, 2.45) is 11.7 Å². The molecule has 20 heavy (non-hydrogen) atoms. The molecule has 108 valence electrons. The third-order valence-corrected chi connectivity index (χ3v) is 4.21. The molecule has 1 aliphatic heterocycles. The van der Waals surface area contributed by atoms with E-state index < -0.39 is 0 Å². The molecular weight excluding hydrogens is 260 g/mol. The highest BCUT2D eigenvalue weighted by Crippen LogP contribution is 2.38. The van der Waals surface area contributed by atoms with Gasteiger partial charge in [-0.05, 0) is 18.6 Å². The maximum absolute atomic E-state index is 12.2. The van der Waals surface area contributed by atoms with E-state index in [0.29, 0.717) is 12.5 Å². The van der Waals surface area contributed by atoms with Crippen LogP contribution in [0.15, 0.2) is 18.2 Å². The highest BCUT2D eigenvalue weighted by molar-refractivity contribution is 5.98. The van der Waals surface area contributed by atoms with E-state index in [4.69, 9.17) is 15.2 Å². The SMILES string of the molecule is COc1cccc(C(=O)NC2C(N)C3CCOC32)c1O. The molecule has 0 spiro atoms. The minimum absolute atomic E-state index is 0.00157. The van der Waals surface area contributed by atoms with Crippen molar-refractivity contribution in [1.29, 1.82) is 0 Å². The van der Waals surface area contributed by atoms with E-state index >= 15 is 0 Å². The predicted octanol–water partition coefficient (Wildman–Crippen LogP) is 0.245. The second-order valence-electron chi connectivity index (χ2n) is 5.22. The van der Waals surface area contributed by atoms with Crippen molar-refractivity contribution in [2.45, 2.75) is 24.6 Å². The number of rotatable bonds is 3. The first kappa shape index (κ1) is 13.2. The van der Waals surface area contributed by atoms with Crippen LogP contribution >= 0.6 is 0 Å². The monoisotopic (exact) mass is 278 g/mol. The van der Waals surface area contributed by atoms with Crippen molar-refractivity contribution < 1.29 is 19.4 Å². The molecule has 1 aromatic carbocycles. The molecule has 1 aromatic rings. The van der Waals surface area contributed by atoms with E-state index in [2.05, 4.69) is 5.32 Å². The first-order valence-corrected chi connectivity index (χ1v) is 6.67. The number of fused-ring (bicyclic) bond motifs is 1. The standard InChI is InChI=1S/C14H18N2O4/c1-19-9-4-2-3-8(12(9)17)14(18)16-11-10(15)7-5-6-20-13(7)11/h2-4,7,10-11,13,17H,5-6,15H2,1H3,(H,16,18). The molecule has 1 heterocycles. The lowest BCUT2D eigenvalue weighted by Gasteiger charge is -2.45. The molecule has 6 heteroatoms. The molecule has 2 fully saturated rings.